The standard InChI is InChI=1S/C10H12ClFO/c1-6-3-4-8(11)9(10(6)12)7(2)5-13/h3-4,7,13H,5H2,1-2H3. The van der Waals surface area contributed by atoms with Crippen LogP contribution in [0.1, 0.15) is 24.0 Å². The van der Waals surface area contributed by atoms with Gasteiger partial charge in [0.15, 0.2) is 0 Å². The van der Waals surface area contributed by atoms with Crippen molar-refractivity contribution in [3.63, 3.8) is 0 Å². The van der Waals surface area contributed by atoms with E-state index in [0.29, 0.717) is 16.1 Å². The minimum absolute atomic E-state index is 0.0971. The highest BCUT2D eigenvalue weighted by Gasteiger charge is 2.15. The minimum Gasteiger partial charge on any atom is -0.396 e. The molecule has 0 saturated carbocycles. The molecule has 1 rings (SSSR count). The van der Waals surface area contributed by atoms with Gasteiger partial charge in [-0.15, -0.1) is 0 Å². The molecular weight excluding hydrogens is 191 g/mol. The van der Waals surface area contributed by atoms with Crippen LogP contribution in [0.2, 0.25) is 5.02 Å². The molecule has 1 nitrogen and oxygen atoms in total. The molecule has 1 N–H and O–H groups in total. The van der Waals surface area contributed by atoms with Crippen LogP contribution in [-0.2, 0) is 0 Å². The van der Waals surface area contributed by atoms with Crippen molar-refractivity contribution in [2.24, 2.45) is 0 Å². The van der Waals surface area contributed by atoms with Gasteiger partial charge in [-0.25, -0.2) is 4.39 Å². The highest BCUT2D eigenvalue weighted by Crippen LogP contribution is 2.28. The van der Waals surface area contributed by atoms with Crippen LogP contribution in [-0.4, -0.2) is 11.7 Å². The summed E-state index contributed by atoms with van der Waals surface area (Å²) in [5, 5.41) is 9.28. The summed E-state index contributed by atoms with van der Waals surface area (Å²) in [6, 6.07) is 3.28. The number of hydrogen-bond acceptors (Lipinski definition) is 1. The monoisotopic (exact) mass is 202 g/mol. The normalized spacial score (nSPS) is 13.0. The Balaban J connectivity index is 3.25. The van der Waals surface area contributed by atoms with E-state index in [1.165, 1.54) is 0 Å². The zero-order valence-corrected chi connectivity index (χ0v) is 8.40. The van der Waals surface area contributed by atoms with Gasteiger partial charge in [0.25, 0.3) is 0 Å². The Kier molecular flexibility index (Phi) is 3.28. The van der Waals surface area contributed by atoms with Crippen LogP contribution >= 0.6 is 11.6 Å². The molecule has 1 aromatic rings. The molecule has 72 valence electrons. The average Bonchev–Trinajstić information content (AvgIpc) is 2.12. The second kappa shape index (κ2) is 4.07. The Labute approximate surface area is 82.2 Å². The van der Waals surface area contributed by atoms with Crippen LogP contribution < -0.4 is 0 Å². The van der Waals surface area contributed by atoms with Crippen molar-refractivity contribution < 1.29 is 9.50 Å². The maximum absolute atomic E-state index is 13.5. The first-order chi connectivity index (χ1) is 6.07. The Morgan fingerprint density at radius 1 is 1.54 bits per heavy atom. The lowest BCUT2D eigenvalue weighted by Crippen LogP contribution is -2.04. The molecule has 0 spiro atoms. The molecule has 13 heavy (non-hydrogen) atoms. The van der Waals surface area contributed by atoms with Crippen LogP contribution in [0.3, 0.4) is 0 Å². The Morgan fingerprint density at radius 3 is 2.69 bits per heavy atom. The summed E-state index contributed by atoms with van der Waals surface area (Å²) in [6.45, 7) is 3.32. The van der Waals surface area contributed by atoms with Gasteiger partial charge >= 0.3 is 0 Å². The molecular formula is C10H12ClFO. The van der Waals surface area contributed by atoms with Gasteiger partial charge in [0, 0.05) is 23.1 Å². The van der Waals surface area contributed by atoms with Crippen LogP contribution in [0.5, 0.6) is 0 Å². The summed E-state index contributed by atoms with van der Waals surface area (Å²) >= 11 is 5.82. The highest BCUT2D eigenvalue weighted by atomic mass is 35.5. The lowest BCUT2D eigenvalue weighted by Gasteiger charge is -2.12. The largest absolute Gasteiger partial charge is 0.396 e. The van der Waals surface area contributed by atoms with Crippen LogP contribution in [0.15, 0.2) is 12.1 Å². The summed E-state index contributed by atoms with van der Waals surface area (Å²) in [5.41, 5.74) is 0.962. The first-order valence-electron chi connectivity index (χ1n) is 4.13. The van der Waals surface area contributed by atoms with Crippen molar-refractivity contribution in [2.45, 2.75) is 19.8 Å². The summed E-state index contributed by atoms with van der Waals surface area (Å²) in [5.74, 6) is -0.568. The fourth-order valence-electron chi connectivity index (χ4n) is 1.22. The van der Waals surface area contributed by atoms with E-state index in [4.69, 9.17) is 16.7 Å². The SMILES string of the molecule is Cc1ccc(Cl)c(C(C)CO)c1F. The number of halogens is 2. The number of aliphatic hydroxyl groups excluding tert-OH is 1. The molecule has 0 aromatic heterocycles. The third-order valence-electron chi connectivity index (χ3n) is 2.09. The van der Waals surface area contributed by atoms with Crippen LogP contribution in [0.25, 0.3) is 0 Å². The molecule has 0 aliphatic carbocycles. The lowest BCUT2D eigenvalue weighted by molar-refractivity contribution is 0.270. The summed E-state index contributed by atoms with van der Waals surface area (Å²) in [6.07, 6.45) is 0. The average molecular weight is 203 g/mol. The molecule has 0 aliphatic heterocycles. The molecule has 1 aromatic carbocycles. The number of hydrogen-bond donors (Lipinski definition) is 1. The molecule has 3 heteroatoms. The summed E-state index contributed by atoms with van der Waals surface area (Å²) in [4.78, 5) is 0. The highest BCUT2D eigenvalue weighted by molar-refractivity contribution is 6.31. The fraction of sp³-hybridized carbons (Fsp3) is 0.400. The van der Waals surface area contributed by atoms with Gasteiger partial charge in [-0.05, 0) is 18.6 Å². The molecule has 0 bridgehead atoms. The minimum atomic E-state index is -0.311. The number of aliphatic hydroxyl groups is 1. The summed E-state index contributed by atoms with van der Waals surface area (Å²) < 4.78 is 13.5. The smallest absolute Gasteiger partial charge is 0.131 e. The summed E-state index contributed by atoms with van der Waals surface area (Å²) in [7, 11) is 0. The number of benzene rings is 1. The number of aryl methyl sites for hydroxylation is 1. The molecule has 1 atom stereocenters. The molecule has 0 heterocycles. The van der Waals surface area contributed by atoms with Gasteiger partial charge in [0.2, 0.25) is 0 Å². The van der Waals surface area contributed by atoms with Gasteiger partial charge < -0.3 is 5.11 Å². The van der Waals surface area contributed by atoms with Crippen molar-refractivity contribution in [1.29, 1.82) is 0 Å². The second-order valence-corrected chi connectivity index (χ2v) is 3.58. The van der Waals surface area contributed by atoms with Crippen LogP contribution in [0.4, 0.5) is 4.39 Å². The van der Waals surface area contributed by atoms with Crippen molar-refractivity contribution in [3.8, 4) is 0 Å². The van der Waals surface area contributed by atoms with Gasteiger partial charge in [-0.2, -0.15) is 0 Å². The fourth-order valence-corrected chi connectivity index (χ4v) is 1.55. The topological polar surface area (TPSA) is 20.2 Å². The van der Waals surface area contributed by atoms with E-state index in [1.807, 2.05) is 0 Å². The lowest BCUT2D eigenvalue weighted by atomic mass is 9.99. The van der Waals surface area contributed by atoms with E-state index in [2.05, 4.69) is 0 Å². The van der Waals surface area contributed by atoms with E-state index in [9.17, 15) is 4.39 Å². The molecule has 0 aliphatic rings. The Morgan fingerprint density at radius 2 is 2.15 bits per heavy atom. The third-order valence-corrected chi connectivity index (χ3v) is 2.42. The predicted molar refractivity (Wildman–Crippen MR) is 51.6 cm³/mol. The van der Waals surface area contributed by atoms with E-state index in [-0.39, 0.29) is 18.3 Å². The van der Waals surface area contributed by atoms with Gasteiger partial charge in [-0.1, -0.05) is 24.6 Å². The van der Waals surface area contributed by atoms with Crippen molar-refractivity contribution >= 4 is 11.6 Å². The maximum atomic E-state index is 13.5. The van der Waals surface area contributed by atoms with E-state index in [1.54, 1.807) is 26.0 Å². The first-order valence-corrected chi connectivity index (χ1v) is 4.51. The van der Waals surface area contributed by atoms with E-state index >= 15 is 0 Å². The molecule has 1 unspecified atom stereocenters. The first kappa shape index (κ1) is 10.5. The molecule has 0 fully saturated rings. The zero-order chi connectivity index (χ0) is 10.0. The van der Waals surface area contributed by atoms with Crippen molar-refractivity contribution in [2.75, 3.05) is 6.61 Å². The molecule has 0 radical (unpaired) electrons. The maximum Gasteiger partial charge on any atom is 0.131 e. The molecule has 0 amide bonds. The van der Waals surface area contributed by atoms with E-state index in [0.717, 1.165) is 0 Å². The van der Waals surface area contributed by atoms with Gasteiger partial charge in [0.1, 0.15) is 5.82 Å². The third kappa shape index (κ3) is 2.01. The van der Waals surface area contributed by atoms with Crippen molar-refractivity contribution in [1.82, 2.24) is 0 Å². The van der Waals surface area contributed by atoms with Gasteiger partial charge in [0.05, 0.1) is 0 Å². The zero-order valence-electron chi connectivity index (χ0n) is 7.64. The molecule has 0 saturated heterocycles. The number of rotatable bonds is 2. The quantitative estimate of drug-likeness (QED) is 0.782. The Hall–Kier alpha value is -0.600. The van der Waals surface area contributed by atoms with E-state index < -0.39 is 0 Å². The Bertz CT molecular complexity index is 312. The van der Waals surface area contributed by atoms with Crippen molar-refractivity contribution in [3.05, 3.63) is 34.1 Å². The van der Waals surface area contributed by atoms with Gasteiger partial charge in [-0.3, -0.25) is 0 Å². The predicted octanol–water partition coefficient (Wildman–Crippen LogP) is 2.88. The second-order valence-electron chi connectivity index (χ2n) is 3.18. The van der Waals surface area contributed by atoms with Crippen LogP contribution in [0, 0.1) is 12.7 Å².